The van der Waals surface area contributed by atoms with E-state index in [0.717, 1.165) is 17.8 Å². The molecule has 0 saturated heterocycles. The molecule has 1 aromatic heterocycles. The van der Waals surface area contributed by atoms with E-state index in [1.807, 2.05) is 19.9 Å². The van der Waals surface area contributed by atoms with Gasteiger partial charge in [-0.15, -0.1) is 0 Å². The third-order valence-electron chi connectivity index (χ3n) is 2.96. The highest BCUT2D eigenvalue weighted by Crippen LogP contribution is 2.25. The van der Waals surface area contributed by atoms with Crippen molar-refractivity contribution in [1.82, 2.24) is 4.98 Å². The Labute approximate surface area is 143 Å². The number of rotatable bonds is 6. The summed E-state index contributed by atoms with van der Waals surface area (Å²) in [5, 5.41) is 22.6. The zero-order chi connectivity index (χ0) is 18.4. The summed E-state index contributed by atoms with van der Waals surface area (Å²) >= 11 is 0. The van der Waals surface area contributed by atoms with Crippen LogP contribution in [0.2, 0.25) is 0 Å². The molecule has 2 rings (SSSR count). The zero-order valence-electron chi connectivity index (χ0n) is 13.7. The van der Waals surface area contributed by atoms with Crippen molar-refractivity contribution in [3.05, 3.63) is 58.3 Å². The number of ether oxygens (including phenoxy) is 1. The second-order valence-electron chi connectivity index (χ2n) is 5.38. The van der Waals surface area contributed by atoms with E-state index >= 15 is 0 Å². The number of anilines is 1. The average molecular weight is 343 g/mol. The van der Waals surface area contributed by atoms with Gasteiger partial charge in [0.15, 0.2) is 11.6 Å². The molecule has 0 unspecified atom stereocenters. The molecule has 0 aliphatic carbocycles. The SMILES string of the molecule is CC(C)Oc1cccc(/C=C/C(=O)Nc2ncc([N+](=O)[O-])cc2O)c1. The van der Waals surface area contributed by atoms with Crippen LogP contribution in [-0.2, 0) is 4.79 Å². The lowest BCUT2D eigenvalue weighted by Crippen LogP contribution is -2.09. The maximum atomic E-state index is 11.9. The molecule has 2 aromatic rings. The molecule has 130 valence electrons. The molecule has 2 N–H and O–H groups in total. The summed E-state index contributed by atoms with van der Waals surface area (Å²) in [6.07, 6.45) is 3.83. The first kappa shape index (κ1) is 17.9. The Morgan fingerprint density at radius 2 is 2.16 bits per heavy atom. The first-order valence-corrected chi connectivity index (χ1v) is 7.44. The van der Waals surface area contributed by atoms with Gasteiger partial charge in [0.25, 0.3) is 5.69 Å². The largest absolute Gasteiger partial charge is 0.504 e. The third kappa shape index (κ3) is 5.31. The fraction of sp³-hybridized carbons (Fsp3) is 0.176. The van der Waals surface area contributed by atoms with Crippen LogP contribution in [0.5, 0.6) is 11.5 Å². The number of nitrogens with one attached hydrogen (secondary N) is 1. The topological polar surface area (TPSA) is 115 Å². The van der Waals surface area contributed by atoms with Gasteiger partial charge in [-0.05, 0) is 37.6 Å². The van der Waals surface area contributed by atoms with Crippen LogP contribution in [0.3, 0.4) is 0 Å². The number of nitrogens with zero attached hydrogens (tertiary/aromatic N) is 2. The summed E-state index contributed by atoms with van der Waals surface area (Å²) in [4.78, 5) is 25.5. The van der Waals surface area contributed by atoms with Crippen LogP contribution in [0, 0.1) is 10.1 Å². The second kappa shape index (κ2) is 7.91. The molecule has 1 heterocycles. The Morgan fingerprint density at radius 3 is 2.80 bits per heavy atom. The first-order chi connectivity index (χ1) is 11.8. The van der Waals surface area contributed by atoms with Crippen molar-refractivity contribution in [2.24, 2.45) is 0 Å². The molecule has 0 spiro atoms. The lowest BCUT2D eigenvalue weighted by atomic mass is 10.2. The van der Waals surface area contributed by atoms with Crippen molar-refractivity contribution in [1.29, 1.82) is 0 Å². The lowest BCUT2D eigenvalue weighted by Gasteiger charge is -2.09. The number of aromatic hydroxyl groups is 1. The van der Waals surface area contributed by atoms with E-state index in [4.69, 9.17) is 4.74 Å². The summed E-state index contributed by atoms with van der Waals surface area (Å²) in [6, 6.07) is 8.12. The van der Waals surface area contributed by atoms with Crippen LogP contribution in [0.25, 0.3) is 6.08 Å². The highest BCUT2D eigenvalue weighted by atomic mass is 16.6. The van der Waals surface area contributed by atoms with E-state index in [2.05, 4.69) is 10.3 Å². The number of pyridine rings is 1. The van der Waals surface area contributed by atoms with Crippen molar-refractivity contribution >= 4 is 23.5 Å². The van der Waals surface area contributed by atoms with Gasteiger partial charge in [0.2, 0.25) is 5.91 Å². The van der Waals surface area contributed by atoms with Crippen LogP contribution in [0.4, 0.5) is 11.5 Å². The van der Waals surface area contributed by atoms with Gasteiger partial charge in [0.05, 0.1) is 17.1 Å². The third-order valence-corrected chi connectivity index (χ3v) is 2.96. The summed E-state index contributed by atoms with van der Waals surface area (Å²) in [7, 11) is 0. The van der Waals surface area contributed by atoms with Crippen LogP contribution in [0.1, 0.15) is 19.4 Å². The molecule has 0 aliphatic rings. The quantitative estimate of drug-likeness (QED) is 0.473. The smallest absolute Gasteiger partial charge is 0.291 e. The van der Waals surface area contributed by atoms with E-state index < -0.39 is 16.6 Å². The van der Waals surface area contributed by atoms with Gasteiger partial charge in [-0.25, -0.2) is 4.98 Å². The maximum absolute atomic E-state index is 11.9. The van der Waals surface area contributed by atoms with Gasteiger partial charge in [0, 0.05) is 6.08 Å². The number of carbonyl (C=O) groups excluding carboxylic acids is 1. The van der Waals surface area contributed by atoms with E-state index in [1.54, 1.807) is 24.3 Å². The lowest BCUT2D eigenvalue weighted by molar-refractivity contribution is -0.385. The van der Waals surface area contributed by atoms with Crippen LogP contribution < -0.4 is 10.1 Å². The first-order valence-electron chi connectivity index (χ1n) is 7.44. The molecule has 0 aliphatic heterocycles. The van der Waals surface area contributed by atoms with Crippen molar-refractivity contribution in [3.63, 3.8) is 0 Å². The molecule has 1 amide bonds. The second-order valence-corrected chi connectivity index (χ2v) is 5.38. The molecule has 8 nitrogen and oxygen atoms in total. The van der Waals surface area contributed by atoms with Gasteiger partial charge in [0.1, 0.15) is 11.9 Å². The molecular formula is C17H17N3O5. The van der Waals surface area contributed by atoms with E-state index in [9.17, 15) is 20.0 Å². The highest BCUT2D eigenvalue weighted by molar-refractivity contribution is 6.02. The van der Waals surface area contributed by atoms with Gasteiger partial charge in [-0.2, -0.15) is 0 Å². The van der Waals surface area contributed by atoms with Gasteiger partial charge < -0.3 is 15.2 Å². The Kier molecular flexibility index (Phi) is 5.67. The number of nitro groups is 1. The minimum absolute atomic E-state index is 0.0405. The predicted molar refractivity (Wildman–Crippen MR) is 92.4 cm³/mol. The van der Waals surface area contributed by atoms with Crippen LogP contribution in [0.15, 0.2) is 42.6 Å². The molecule has 0 radical (unpaired) electrons. The number of hydrogen-bond acceptors (Lipinski definition) is 6. The number of carbonyl (C=O) groups is 1. The Morgan fingerprint density at radius 1 is 1.40 bits per heavy atom. The molecule has 0 atom stereocenters. The number of hydrogen-bond donors (Lipinski definition) is 2. The van der Waals surface area contributed by atoms with E-state index in [-0.39, 0.29) is 17.6 Å². The standard InChI is InChI=1S/C17H17N3O5/c1-11(2)25-14-5-3-4-12(8-14)6-7-16(22)19-17-15(21)9-13(10-18-17)20(23)24/h3-11,21H,1-2H3,(H,18,19,22)/b7-6+. The maximum Gasteiger partial charge on any atom is 0.291 e. The van der Waals surface area contributed by atoms with Crippen molar-refractivity contribution in [2.75, 3.05) is 5.32 Å². The van der Waals surface area contributed by atoms with Crippen LogP contribution >= 0.6 is 0 Å². The van der Waals surface area contributed by atoms with Crippen molar-refractivity contribution < 1.29 is 19.6 Å². The van der Waals surface area contributed by atoms with Crippen LogP contribution in [-0.4, -0.2) is 27.0 Å². The van der Waals surface area contributed by atoms with E-state index in [0.29, 0.717) is 5.75 Å². The number of amides is 1. The normalized spacial score (nSPS) is 10.8. The minimum atomic E-state index is -0.690. The Balaban J connectivity index is 2.05. The number of aromatic nitrogens is 1. The molecule has 0 saturated carbocycles. The van der Waals surface area contributed by atoms with E-state index in [1.165, 1.54) is 6.08 Å². The minimum Gasteiger partial charge on any atom is -0.504 e. The molecule has 1 aromatic carbocycles. The molecule has 0 fully saturated rings. The summed E-state index contributed by atoms with van der Waals surface area (Å²) in [5.74, 6) is -0.487. The number of benzene rings is 1. The monoisotopic (exact) mass is 343 g/mol. The fourth-order valence-electron chi connectivity index (χ4n) is 1.93. The van der Waals surface area contributed by atoms with Crippen molar-refractivity contribution in [2.45, 2.75) is 20.0 Å². The Bertz CT molecular complexity index is 818. The van der Waals surface area contributed by atoms with Gasteiger partial charge in [-0.3, -0.25) is 14.9 Å². The molecule has 0 bridgehead atoms. The summed E-state index contributed by atoms with van der Waals surface area (Å²) in [5.41, 5.74) is 0.391. The van der Waals surface area contributed by atoms with Gasteiger partial charge in [-0.1, -0.05) is 12.1 Å². The molecule has 8 heteroatoms. The fourth-order valence-corrected chi connectivity index (χ4v) is 1.93. The average Bonchev–Trinajstić information content (AvgIpc) is 2.54. The van der Waals surface area contributed by atoms with Gasteiger partial charge >= 0.3 is 0 Å². The van der Waals surface area contributed by atoms with Crippen molar-refractivity contribution in [3.8, 4) is 11.5 Å². The molecule has 25 heavy (non-hydrogen) atoms. The summed E-state index contributed by atoms with van der Waals surface area (Å²) in [6.45, 7) is 3.83. The molecular weight excluding hydrogens is 326 g/mol. The highest BCUT2D eigenvalue weighted by Gasteiger charge is 2.12. The summed E-state index contributed by atoms with van der Waals surface area (Å²) < 4.78 is 5.57. The zero-order valence-corrected chi connectivity index (χ0v) is 13.7. The Hall–Kier alpha value is -3.42. The predicted octanol–water partition coefficient (Wildman–Crippen LogP) is 3.13.